The molecule has 0 amide bonds. The lowest BCUT2D eigenvalue weighted by molar-refractivity contribution is 1.42. The van der Waals surface area contributed by atoms with Gasteiger partial charge in [-0.05, 0) is 320 Å². The van der Waals surface area contributed by atoms with Crippen LogP contribution < -0.4 is 0 Å². The van der Waals surface area contributed by atoms with Crippen molar-refractivity contribution < 1.29 is 0 Å². The van der Waals surface area contributed by atoms with Crippen molar-refractivity contribution in [2.24, 2.45) is 0 Å². The van der Waals surface area contributed by atoms with Crippen molar-refractivity contribution in [2.45, 2.75) is 125 Å². The molecule has 18 aromatic rings. The zero-order valence-electron chi connectivity index (χ0n) is 57.1. The van der Waals surface area contributed by atoms with Gasteiger partial charge in [0.25, 0.3) is 0 Å². The third-order valence-electron chi connectivity index (χ3n) is 18.6. The fraction of sp³-hybridized carbons (Fsp3) is 0.220. The quantitative estimate of drug-likeness (QED) is 0.156. The van der Waals surface area contributed by atoms with E-state index in [4.69, 9.17) is 0 Å². The molecule has 0 atom stereocenters. The number of benzene rings is 4. The molecule has 18 rings (SSSR count). The van der Waals surface area contributed by atoms with Gasteiger partial charge in [-0.25, -0.2) is 0 Å². The Hall–Kier alpha value is -5.24. The highest BCUT2D eigenvalue weighted by molar-refractivity contribution is 7.35. The van der Waals surface area contributed by atoms with Crippen LogP contribution in [-0.2, 0) is 0 Å². The number of fused-ring (bicyclic) bond motifs is 12. The van der Waals surface area contributed by atoms with Crippen LogP contribution >= 0.6 is 159 Å². The van der Waals surface area contributed by atoms with Crippen LogP contribution in [0.25, 0.3) is 139 Å². The number of rotatable bonds is 6. The summed E-state index contributed by atoms with van der Waals surface area (Å²) in [5.74, 6) is 0. The molecule has 0 nitrogen and oxygen atoms in total. The first-order valence-corrected chi connectivity index (χ1v) is 43.6. The molecule has 0 bridgehead atoms. The van der Waals surface area contributed by atoms with Gasteiger partial charge in [-0.3, -0.25) is 0 Å². The van der Waals surface area contributed by atoms with E-state index in [1.165, 1.54) is 234 Å². The van der Waals surface area contributed by atoms with Gasteiger partial charge in [0.05, 0.1) is 37.6 Å². The second-order valence-corrected chi connectivity index (χ2v) is 42.2. The molecule has 4 aromatic carbocycles. The van der Waals surface area contributed by atoms with Gasteiger partial charge in [-0.2, -0.15) is 0 Å². The maximum atomic E-state index is 2.43. The molecule has 0 aliphatic heterocycles. The Labute approximate surface area is 619 Å². The minimum atomic E-state index is 1.37. The van der Waals surface area contributed by atoms with Crippen LogP contribution in [0.3, 0.4) is 0 Å². The third kappa shape index (κ3) is 12.1. The fourth-order valence-corrected chi connectivity index (χ4v) is 30.1. The van der Waals surface area contributed by atoms with Crippen molar-refractivity contribution in [1.29, 1.82) is 0 Å². The van der Waals surface area contributed by atoms with Crippen LogP contribution in [0.5, 0.6) is 0 Å². The maximum absolute atomic E-state index is 2.43. The van der Waals surface area contributed by atoms with Crippen LogP contribution in [0.2, 0.25) is 0 Å². The smallest absolute Gasteiger partial charge is 0.0531 e. The molecule has 0 aliphatic rings. The molecule has 14 heteroatoms. The van der Waals surface area contributed by atoms with Crippen LogP contribution in [0.15, 0.2) is 109 Å². The molecular weight excluding hydrogens is 1430 g/mol. The summed E-state index contributed by atoms with van der Waals surface area (Å²) < 4.78 is 11.7. The van der Waals surface area contributed by atoms with E-state index in [0.717, 1.165) is 0 Å². The molecule has 0 N–H and O–H groups in total. The fourth-order valence-electron chi connectivity index (χ4n) is 13.4. The zero-order valence-corrected chi connectivity index (χ0v) is 68.5. The van der Waals surface area contributed by atoms with Gasteiger partial charge < -0.3 is 0 Å². The number of aryl methyl sites for hydroxylation is 18. The summed E-state index contributed by atoms with van der Waals surface area (Å²) in [5.41, 5.74) is 14.2. The monoisotopic (exact) mass is 1500 g/mol. The van der Waals surface area contributed by atoms with Gasteiger partial charge in [0.2, 0.25) is 0 Å². The highest BCUT2D eigenvalue weighted by atomic mass is 32.2. The average molecular weight is 1510 g/mol. The second kappa shape index (κ2) is 26.1. The van der Waals surface area contributed by atoms with Crippen molar-refractivity contribution in [3.05, 3.63) is 204 Å². The van der Waals surface area contributed by atoms with Crippen molar-refractivity contribution >= 4 is 239 Å². The van der Waals surface area contributed by atoms with Gasteiger partial charge in [-0.15, -0.1) is 159 Å². The minimum absolute atomic E-state index is 1.37. The van der Waals surface area contributed by atoms with E-state index in [9.17, 15) is 0 Å². The molecule has 14 heterocycles. The highest BCUT2D eigenvalue weighted by Gasteiger charge is 2.23. The molecule has 0 fully saturated rings. The third-order valence-corrected chi connectivity index (χ3v) is 35.9. The molecule has 96 heavy (non-hydrogen) atoms. The molecule has 0 aliphatic carbocycles. The van der Waals surface area contributed by atoms with Gasteiger partial charge in [-0.1, -0.05) is 12.1 Å². The normalized spacial score (nSPS) is 11.9. The lowest BCUT2D eigenvalue weighted by Gasteiger charge is -2.04. The maximum Gasteiger partial charge on any atom is 0.0531 e. The Kier molecular flexibility index (Phi) is 18.1. The van der Waals surface area contributed by atoms with Gasteiger partial charge >= 0.3 is 0 Å². The standard InChI is InChI=1S/C24H22S4.2C22H18S4.C14H14S2/c1-11-7-13(3)25-21(11)19-9-17-15(5)16(6)18-10-20(28-24(18)23(17)27-19)22-12(2)8-14(4)26-22;1-11-5-7-17(23-11)19-9-15-13(3)14(4)16-10-20(18-8-6-12(2)24-18)26-22(16)21(15)25-19;1-11-7-13(3)23-19(11)17-9-15-5-6-16-10-18(26-22(16)21(15)25-17)20-12(2)8-14(4)24-20;1-7-5-11-9(3)10(4)12-6-8(2)16-14(12)13(11)15-7/h7-10H,1-6H3;2*5-10H,1-4H3;5-6H,1-4H3. The van der Waals surface area contributed by atoms with E-state index < -0.39 is 0 Å². The molecular formula is C82H72S14. The Morgan fingerprint density at radius 2 is 0.406 bits per heavy atom. The summed E-state index contributed by atoms with van der Waals surface area (Å²) in [6.45, 7) is 40.1. The Balaban J connectivity index is 0.000000107. The van der Waals surface area contributed by atoms with Gasteiger partial charge in [0, 0.05) is 97.5 Å². The largest absolute Gasteiger partial charge is 0.140 e. The lowest BCUT2D eigenvalue weighted by atomic mass is 10.0. The van der Waals surface area contributed by atoms with Crippen molar-refractivity contribution in [3.63, 3.8) is 0 Å². The van der Waals surface area contributed by atoms with Crippen LogP contribution in [0.4, 0.5) is 0 Å². The average Bonchev–Trinajstić information content (AvgIpc) is 1.61. The number of thiophene rings is 14. The van der Waals surface area contributed by atoms with Gasteiger partial charge in [0.1, 0.15) is 0 Å². The first-order chi connectivity index (χ1) is 45.9. The molecule has 0 radical (unpaired) electrons. The van der Waals surface area contributed by atoms with E-state index in [-0.39, 0.29) is 0 Å². The van der Waals surface area contributed by atoms with E-state index in [2.05, 4.69) is 234 Å². The summed E-state index contributed by atoms with van der Waals surface area (Å²) in [7, 11) is 0. The Bertz CT molecular complexity index is 5700. The van der Waals surface area contributed by atoms with Gasteiger partial charge in [0.15, 0.2) is 0 Å². The van der Waals surface area contributed by atoms with Crippen molar-refractivity contribution in [2.75, 3.05) is 0 Å². The lowest BCUT2D eigenvalue weighted by Crippen LogP contribution is -1.81. The predicted molar refractivity (Wildman–Crippen MR) is 454 cm³/mol. The Morgan fingerprint density at radius 3 is 0.677 bits per heavy atom. The van der Waals surface area contributed by atoms with Crippen molar-refractivity contribution in [1.82, 2.24) is 0 Å². The molecule has 0 saturated heterocycles. The summed E-state index contributed by atoms with van der Waals surface area (Å²) in [4.78, 5) is 28.1. The van der Waals surface area contributed by atoms with Crippen LogP contribution in [0.1, 0.15) is 94.7 Å². The van der Waals surface area contributed by atoms with E-state index in [1.807, 2.05) is 159 Å². The van der Waals surface area contributed by atoms with Crippen molar-refractivity contribution in [3.8, 4) is 58.5 Å². The van der Waals surface area contributed by atoms with Crippen LogP contribution in [-0.4, -0.2) is 0 Å². The zero-order chi connectivity index (χ0) is 67.2. The molecule has 484 valence electrons. The molecule has 0 saturated carbocycles. The topological polar surface area (TPSA) is 0 Å². The minimum Gasteiger partial charge on any atom is -0.140 e. The number of hydrogen-bond donors (Lipinski definition) is 0. The summed E-state index contributed by atoms with van der Waals surface area (Å²) in [6.07, 6.45) is 0. The SMILES string of the molecule is Cc1cc(C)c(-c2cc3c(C)c(C)c4cc(-c5sc(C)cc5C)sc4c3s2)s1.Cc1cc(C)c(-c2cc3ccc4cc(-c5sc(C)cc5C)sc4c3s2)s1.Cc1cc2c(C)c(C)c3cc(C)sc3c2s1.Cc1ccc(-c2cc3c(C)c(C)c4cc(-c5ccc(C)s5)sc4c3s2)s1. The van der Waals surface area contributed by atoms with E-state index >= 15 is 0 Å². The van der Waals surface area contributed by atoms with E-state index in [1.54, 1.807) is 0 Å². The summed E-state index contributed by atoms with van der Waals surface area (Å²) in [6, 6.07) is 41.8. The number of hydrogen-bond acceptors (Lipinski definition) is 14. The second-order valence-electron chi connectivity index (χ2n) is 25.8. The summed E-state index contributed by atoms with van der Waals surface area (Å²) >= 11 is 27.1. The first-order valence-electron chi connectivity index (χ1n) is 32.1. The van der Waals surface area contributed by atoms with Crippen LogP contribution in [0, 0.1) is 125 Å². The van der Waals surface area contributed by atoms with E-state index in [0.29, 0.717) is 0 Å². The highest BCUT2D eigenvalue weighted by Crippen LogP contribution is 2.52. The molecule has 0 unspecified atom stereocenters. The molecule has 0 spiro atoms. The molecule has 14 aromatic heterocycles. The predicted octanol–water partition coefficient (Wildman–Crippen LogP) is 32.4. The first kappa shape index (κ1) is 66.6. The Morgan fingerprint density at radius 1 is 0.167 bits per heavy atom. The summed E-state index contributed by atoms with van der Waals surface area (Å²) in [5, 5.41) is 11.4.